The van der Waals surface area contributed by atoms with Crippen molar-refractivity contribution >= 4 is 21.6 Å². The van der Waals surface area contributed by atoms with E-state index < -0.39 is 10.0 Å². The smallest absolute Gasteiger partial charge is 0.287 e. The van der Waals surface area contributed by atoms with Gasteiger partial charge in [-0.25, -0.2) is 8.42 Å². The Kier molecular flexibility index (Phi) is 4.93. The predicted molar refractivity (Wildman–Crippen MR) is 108 cm³/mol. The molecule has 1 aromatic carbocycles. The highest BCUT2D eigenvalue weighted by Crippen LogP contribution is 2.33. The number of sulfonamides is 1. The SMILES string of the molecule is C[C@@H]1[C@H](NC(=O)c2ccc(-c3ccccc3NS(C)(=O)=O)o2)C2CCN1CC2. The number of hydrogen-bond donors (Lipinski definition) is 2. The quantitative estimate of drug-likeness (QED) is 0.800. The summed E-state index contributed by atoms with van der Waals surface area (Å²) in [7, 11) is -3.42. The summed E-state index contributed by atoms with van der Waals surface area (Å²) in [6.07, 6.45) is 3.33. The van der Waals surface area contributed by atoms with Crippen LogP contribution >= 0.6 is 0 Å². The number of amides is 1. The molecule has 0 aliphatic carbocycles. The van der Waals surface area contributed by atoms with Crippen LogP contribution in [0.2, 0.25) is 0 Å². The molecule has 7 nitrogen and oxygen atoms in total. The minimum absolute atomic E-state index is 0.128. The molecule has 4 heterocycles. The average Bonchev–Trinajstić information content (AvgIpc) is 3.14. The van der Waals surface area contributed by atoms with Gasteiger partial charge >= 0.3 is 0 Å². The standard InChI is InChI=1S/C20H25N3O4S/c1-13-19(14-9-11-23(13)12-10-14)21-20(24)18-8-7-17(27-18)15-5-3-4-6-16(15)22-28(2,25)26/h3-8,13-14,19,22H,9-12H2,1-2H3,(H,21,24)/t13-,19+/m1/s1. The van der Waals surface area contributed by atoms with Crippen molar-refractivity contribution in [1.29, 1.82) is 0 Å². The molecule has 150 valence electrons. The second-order valence-corrected chi connectivity index (χ2v) is 9.45. The maximum Gasteiger partial charge on any atom is 0.287 e. The number of benzene rings is 1. The van der Waals surface area contributed by atoms with E-state index in [1.165, 1.54) is 0 Å². The first-order valence-electron chi connectivity index (χ1n) is 9.54. The zero-order chi connectivity index (χ0) is 19.9. The molecular weight excluding hydrogens is 378 g/mol. The fraction of sp³-hybridized carbons (Fsp3) is 0.450. The van der Waals surface area contributed by atoms with Crippen LogP contribution in [0.3, 0.4) is 0 Å². The van der Waals surface area contributed by atoms with Gasteiger partial charge in [0.25, 0.3) is 5.91 Å². The van der Waals surface area contributed by atoms with Crippen molar-refractivity contribution in [2.45, 2.75) is 31.8 Å². The Morgan fingerprint density at radius 2 is 1.86 bits per heavy atom. The first-order valence-corrected chi connectivity index (χ1v) is 11.4. The summed E-state index contributed by atoms with van der Waals surface area (Å²) < 4.78 is 31.5. The van der Waals surface area contributed by atoms with Gasteiger partial charge < -0.3 is 9.73 Å². The van der Waals surface area contributed by atoms with Crippen LogP contribution in [-0.4, -0.2) is 50.7 Å². The first kappa shape index (κ1) is 19.0. The molecule has 2 aromatic rings. The average molecular weight is 404 g/mol. The lowest BCUT2D eigenvalue weighted by atomic mass is 9.79. The molecule has 0 saturated carbocycles. The second kappa shape index (κ2) is 7.25. The van der Waals surface area contributed by atoms with Crippen LogP contribution in [0.25, 0.3) is 11.3 Å². The van der Waals surface area contributed by atoms with E-state index in [-0.39, 0.29) is 17.7 Å². The van der Waals surface area contributed by atoms with E-state index in [9.17, 15) is 13.2 Å². The molecule has 3 aliphatic heterocycles. The van der Waals surface area contributed by atoms with Gasteiger partial charge in [-0.1, -0.05) is 12.1 Å². The summed E-state index contributed by atoms with van der Waals surface area (Å²) in [4.78, 5) is 15.2. The van der Waals surface area contributed by atoms with Crippen LogP contribution in [-0.2, 0) is 10.0 Å². The maximum atomic E-state index is 12.8. The van der Waals surface area contributed by atoms with Gasteiger partial charge in [0.2, 0.25) is 10.0 Å². The molecule has 5 rings (SSSR count). The van der Waals surface area contributed by atoms with Gasteiger partial charge in [0.05, 0.1) is 11.9 Å². The van der Waals surface area contributed by atoms with Gasteiger partial charge in [-0.15, -0.1) is 0 Å². The Morgan fingerprint density at radius 3 is 2.54 bits per heavy atom. The fourth-order valence-corrected chi connectivity index (χ4v) is 4.94. The Hall–Kier alpha value is -2.32. The first-order chi connectivity index (χ1) is 13.3. The predicted octanol–water partition coefficient (Wildman–Crippen LogP) is 2.53. The monoisotopic (exact) mass is 403 g/mol. The van der Waals surface area contributed by atoms with Crippen molar-refractivity contribution in [2.75, 3.05) is 24.1 Å². The third-order valence-corrected chi connectivity index (χ3v) is 6.38. The topological polar surface area (TPSA) is 91.7 Å². The van der Waals surface area contributed by atoms with E-state index >= 15 is 0 Å². The van der Waals surface area contributed by atoms with Crippen LogP contribution in [0, 0.1) is 5.92 Å². The molecule has 8 heteroatoms. The van der Waals surface area contributed by atoms with E-state index in [4.69, 9.17) is 4.42 Å². The van der Waals surface area contributed by atoms with E-state index in [2.05, 4.69) is 21.9 Å². The lowest BCUT2D eigenvalue weighted by Gasteiger charge is -2.49. The summed E-state index contributed by atoms with van der Waals surface area (Å²) in [5.74, 6) is 0.954. The molecule has 0 spiro atoms. The normalized spacial score (nSPS) is 26.8. The van der Waals surface area contributed by atoms with Crippen LogP contribution in [0.1, 0.15) is 30.3 Å². The lowest BCUT2D eigenvalue weighted by Crippen LogP contribution is -2.62. The zero-order valence-electron chi connectivity index (χ0n) is 16.0. The van der Waals surface area contributed by atoms with E-state index in [1.54, 1.807) is 36.4 Å². The molecule has 3 saturated heterocycles. The number of hydrogen-bond acceptors (Lipinski definition) is 5. The highest BCUT2D eigenvalue weighted by atomic mass is 32.2. The van der Waals surface area contributed by atoms with Crippen molar-refractivity contribution < 1.29 is 17.6 Å². The van der Waals surface area contributed by atoms with Crippen LogP contribution in [0.15, 0.2) is 40.8 Å². The van der Waals surface area contributed by atoms with Gasteiger partial charge in [-0.3, -0.25) is 14.4 Å². The largest absolute Gasteiger partial charge is 0.451 e. The van der Waals surface area contributed by atoms with Crippen molar-refractivity contribution in [2.24, 2.45) is 5.92 Å². The molecule has 3 aliphatic rings. The third kappa shape index (κ3) is 3.79. The number of nitrogens with zero attached hydrogens (tertiary/aromatic N) is 1. The van der Waals surface area contributed by atoms with Crippen LogP contribution in [0.5, 0.6) is 0 Å². The number of carbonyl (C=O) groups is 1. The van der Waals surface area contributed by atoms with Crippen LogP contribution in [0.4, 0.5) is 5.69 Å². The summed E-state index contributed by atoms with van der Waals surface area (Å²) in [5.41, 5.74) is 1.00. The van der Waals surface area contributed by atoms with Crippen molar-refractivity contribution in [3.63, 3.8) is 0 Å². The Bertz CT molecular complexity index is 975. The molecule has 28 heavy (non-hydrogen) atoms. The molecule has 3 fully saturated rings. The molecule has 2 bridgehead atoms. The van der Waals surface area contributed by atoms with Gasteiger partial charge in [0.1, 0.15) is 5.76 Å². The molecular formula is C20H25N3O4S. The number of nitrogens with one attached hydrogen (secondary N) is 2. The molecule has 2 atom stereocenters. The summed E-state index contributed by atoms with van der Waals surface area (Å²) in [5, 5.41) is 3.15. The maximum absolute atomic E-state index is 12.8. The highest BCUT2D eigenvalue weighted by Gasteiger charge is 2.40. The van der Waals surface area contributed by atoms with E-state index in [0.717, 1.165) is 32.2 Å². The second-order valence-electron chi connectivity index (χ2n) is 7.70. The van der Waals surface area contributed by atoms with E-state index in [1.807, 2.05) is 0 Å². The van der Waals surface area contributed by atoms with Crippen molar-refractivity contribution in [1.82, 2.24) is 10.2 Å². The zero-order valence-corrected chi connectivity index (χ0v) is 16.8. The number of carbonyl (C=O) groups excluding carboxylic acids is 1. The van der Waals surface area contributed by atoms with Gasteiger partial charge in [-0.05, 0) is 63.0 Å². The summed E-state index contributed by atoms with van der Waals surface area (Å²) in [6, 6.07) is 10.7. The molecule has 1 amide bonds. The Balaban J connectivity index is 1.53. The van der Waals surface area contributed by atoms with E-state index in [0.29, 0.717) is 29.0 Å². The van der Waals surface area contributed by atoms with Gasteiger partial charge in [0.15, 0.2) is 5.76 Å². The summed E-state index contributed by atoms with van der Waals surface area (Å²) in [6.45, 7) is 4.37. The van der Waals surface area contributed by atoms with Gasteiger partial charge in [-0.2, -0.15) is 0 Å². The lowest BCUT2D eigenvalue weighted by molar-refractivity contribution is 0.0211. The molecule has 2 N–H and O–H groups in total. The highest BCUT2D eigenvalue weighted by molar-refractivity contribution is 7.92. The number of piperidine rings is 3. The number of fused-ring (bicyclic) bond motifs is 3. The Labute approximate surface area is 165 Å². The van der Waals surface area contributed by atoms with Crippen LogP contribution < -0.4 is 10.0 Å². The number of anilines is 1. The minimum Gasteiger partial charge on any atom is -0.451 e. The minimum atomic E-state index is -3.42. The molecule has 1 aromatic heterocycles. The van der Waals surface area contributed by atoms with Crippen molar-refractivity contribution in [3.05, 3.63) is 42.2 Å². The van der Waals surface area contributed by atoms with Gasteiger partial charge in [0, 0.05) is 17.6 Å². The van der Waals surface area contributed by atoms with Crippen molar-refractivity contribution in [3.8, 4) is 11.3 Å². The molecule has 0 radical (unpaired) electrons. The summed E-state index contributed by atoms with van der Waals surface area (Å²) >= 11 is 0. The number of para-hydroxylation sites is 1. The number of furan rings is 1. The Morgan fingerprint density at radius 1 is 1.14 bits per heavy atom. The third-order valence-electron chi connectivity index (χ3n) is 5.79. The fourth-order valence-electron chi connectivity index (χ4n) is 4.36. The number of rotatable bonds is 5. The molecule has 0 unspecified atom stereocenters.